The van der Waals surface area contributed by atoms with E-state index in [0.717, 1.165) is 23.9 Å². The van der Waals surface area contributed by atoms with Crippen LogP contribution in [0.5, 0.6) is 0 Å². The van der Waals surface area contributed by atoms with Crippen LogP contribution in [0, 0.1) is 5.41 Å². The van der Waals surface area contributed by atoms with Crippen LogP contribution in [0.2, 0.25) is 5.02 Å². The molecular weight excluding hydrogens is 337 g/mol. The highest BCUT2D eigenvalue weighted by Crippen LogP contribution is 2.24. The van der Waals surface area contributed by atoms with Gasteiger partial charge < -0.3 is 15.6 Å². The molecular formula is C15H21Cl2N5O. The van der Waals surface area contributed by atoms with E-state index in [1.54, 1.807) is 12.1 Å². The van der Waals surface area contributed by atoms with Crippen LogP contribution >= 0.6 is 24.0 Å². The second-order valence-corrected chi connectivity index (χ2v) is 5.79. The maximum absolute atomic E-state index is 12.6. The highest BCUT2D eigenvalue weighted by Gasteiger charge is 2.20. The number of nitrogens with two attached hydrogens (primary N) is 1. The van der Waals surface area contributed by atoms with Crippen molar-refractivity contribution in [3.05, 3.63) is 35.0 Å². The Morgan fingerprint density at radius 2 is 2.04 bits per heavy atom. The van der Waals surface area contributed by atoms with Gasteiger partial charge >= 0.3 is 0 Å². The number of H-pyrrole nitrogens is 1. The van der Waals surface area contributed by atoms with E-state index >= 15 is 0 Å². The van der Waals surface area contributed by atoms with Gasteiger partial charge in [-0.25, -0.2) is 0 Å². The summed E-state index contributed by atoms with van der Waals surface area (Å²) in [5.41, 5.74) is 6.71. The van der Waals surface area contributed by atoms with Gasteiger partial charge in [-0.15, -0.1) is 12.4 Å². The van der Waals surface area contributed by atoms with Crippen LogP contribution in [-0.4, -0.2) is 53.8 Å². The fraction of sp³-hybridized carbons (Fsp3) is 0.333. The first-order valence-corrected chi connectivity index (χ1v) is 7.36. The summed E-state index contributed by atoms with van der Waals surface area (Å²) in [5, 5.41) is 8.98. The highest BCUT2D eigenvalue weighted by molar-refractivity contribution is 6.35. The van der Waals surface area contributed by atoms with Crippen LogP contribution in [0.3, 0.4) is 0 Å². The van der Waals surface area contributed by atoms with E-state index in [-0.39, 0.29) is 24.3 Å². The molecule has 0 bridgehead atoms. The highest BCUT2D eigenvalue weighted by atomic mass is 35.5. The van der Waals surface area contributed by atoms with Crippen LogP contribution in [0.1, 0.15) is 16.9 Å². The molecule has 1 aromatic carbocycles. The zero-order valence-corrected chi connectivity index (χ0v) is 14.7. The van der Waals surface area contributed by atoms with Crippen LogP contribution < -0.4 is 5.73 Å². The molecule has 0 unspecified atom stereocenters. The Hall–Kier alpha value is -1.76. The average molecular weight is 358 g/mol. The van der Waals surface area contributed by atoms with E-state index in [1.807, 2.05) is 31.1 Å². The van der Waals surface area contributed by atoms with E-state index in [2.05, 4.69) is 4.98 Å². The molecule has 0 aliphatic carbocycles. The summed E-state index contributed by atoms with van der Waals surface area (Å²) in [6.45, 7) is 1.21. The van der Waals surface area contributed by atoms with Crippen molar-refractivity contribution in [2.24, 2.45) is 5.73 Å². The largest absolute Gasteiger partial charge is 0.370 e. The quantitative estimate of drug-likeness (QED) is 0.567. The van der Waals surface area contributed by atoms with Crippen molar-refractivity contribution in [1.29, 1.82) is 5.41 Å². The second-order valence-electron chi connectivity index (χ2n) is 5.38. The number of nitrogens with zero attached hydrogens (tertiary/aromatic N) is 2. The summed E-state index contributed by atoms with van der Waals surface area (Å²) < 4.78 is 0. The molecule has 0 aliphatic rings. The maximum Gasteiger partial charge on any atom is 0.276 e. The third kappa shape index (κ3) is 4.60. The third-order valence-electron chi connectivity index (χ3n) is 3.36. The molecule has 0 fully saturated rings. The summed E-state index contributed by atoms with van der Waals surface area (Å²) >= 11 is 6.12. The Kier molecular flexibility index (Phi) is 6.87. The number of guanidine groups is 1. The first-order valence-electron chi connectivity index (χ1n) is 6.98. The molecule has 0 spiro atoms. The lowest BCUT2D eigenvalue weighted by atomic mass is 10.2. The first-order chi connectivity index (χ1) is 10.4. The fourth-order valence-electron chi connectivity index (χ4n) is 2.26. The van der Waals surface area contributed by atoms with Gasteiger partial charge in [-0.05, 0) is 45.3 Å². The van der Waals surface area contributed by atoms with Crippen molar-refractivity contribution in [1.82, 2.24) is 14.8 Å². The minimum atomic E-state index is -0.321. The number of amides is 1. The molecule has 8 heteroatoms. The number of nitrogens with one attached hydrogen (secondary N) is 2. The van der Waals surface area contributed by atoms with Gasteiger partial charge in [0.1, 0.15) is 5.69 Å². The molecule has 1 aromatic heterocycles. The van der Waals surface area contributed by atoms with E-state index in [9.17, 15) is 4.79 Å². The number of benzene rings is 1. The standard InChI is InChI=1S/C15H20ClN5O.ClH/c1-20(2)7-4-8-21(15(17)18)14(22)13-9-10-11(16)5-3-6-12(10)19-13;/h3,5-6,9,19H,4,7-8H2,1-2H3,(H3,17,18);1H. The van der Waals surface area contributed by atoms with Gasteiger partial charge in [-0.1, -0.05) is 17.7 Å². The van der Waals surface area contributed by atoms with Gasteiger partial charge in [0.2, 0.25) is 0 Å². The number of hydrogen-bond donors (Lipinski definition) is 3. The molecule has 0 saturated carbocycles. The molecule has 0 radical (unpaired) electrons. The molecule has 23 heavy (non-hydrogen) atoms. The number of aromatic nitrogens is 1. The molecule has 1 heterocycles. The average Bonchev–Trinajstić information content (AvgIpc) is 2.88. The van der Waals surface area contributed by atoms with Crippen LogP contribution in [0.15, 0.2) is 24.3 Å². The number of rotatable bonds is 5. The van der Waals surface area contributed by atoms with Crippen LogP contribution in [0.25, 0.3) is 10.9 Å². The van der Waals surface area contributed by atoms with E-state index in [1.165, 1.54) is 4.90 Å². The normalized spacial score (nSPS) is 10.6. The number of aromatic amines is 1. The first kappa shape index (κ1) is 19.3. The van der Waals surface area contributed by atoms with Crippen LogP contribution in [-0.2, 0) is 0 Å². The minimum Gasteiger partial charge on any atom is -0.370 e. The fourth-order valence-corrected chi connectivity index (χ4v) is 2.48. The van der Waals surface area contributed by atoms with Gasteiger partial charge in [-0.3, -0.25) is 15.1 Å². The lowest BCUT2D eigenvalue weighted by Crippen LogP contribution is -2.42. The van der Waals surface area contributed by atoms with Crippen molar-refractivity contribution < 1.29 is 4.79 Å². The van der Waals surface area contributed by atoms with Crippen molar-refractivity contribution in [2.75, 3.05) is 27.2 Å². The molecule has 0 aliphatic heterocycles. The number of carbonyl (C=O) groups is 1. The number of hydrogen-bond acceptors (Lipinski definition) is 3. The Bertz CT molecular complexity index is 698. The SMILES string of the molecule is CN(C)CCCN(C(=N)N)C(=O)c1cc2c(Cl)cccc2[nH]1.Cl. The Balaban J connectivity index is 0.00000264. The zero-order chi connectivity index (χ0) is 16.3. The van der Waals surface area contributed by atoms with Crippen LogP contribution in [0.4, 0.5) is 0 Å². The van der Waals surface area contributed by atoms with Crippen molar-refractivity contribution in [3.8, 4) is 0 Å². The minimum absolute atomic E-state index is 0. The molecule has 1 amide bonds. The second kappa shape index (κ2) is 8.19. The summed E-state index contributed by atoms with van der Waals surface area (Å²) in [6, 6.07) is 7.13. The summed E-state index contributed by atoms with van der Waals surface area (Å²) in [4.78, 5) is 18.9. The third-order valence-corrected chi connectivity index (χ3v) is 3.69. The molecule has 6 nitrogen and oxygen atoms in total. The smallest absolute Gasteiger partial charge is 0.276 e. The maximum atomic E-state index is 12.6. The Labute approximate surface area is 146 Å². The summed E-state index contributed by atoms with van der Waals surface area (Å²) in [5.74, 6) is -0.577. The molecule has 2 aromatic rings. The number of carbonyl (C=O) groups excluding carboxylic acids is 1. The van der Waals surface area contributed by atoms with Gasteiger partial charge in [0.25, 0.3) is 5.91 Å². The predicted molar refractivity (Wildman–Crippen MR) is 96.7 cm³/mol. The van der Waals surface area contributed by atoms with Gasteiger partial charge in [0, 0.05) is 22.5 Å². The molecule has 2 rings (SSSR count). The van der Waals surface area contributed by atoms with E-state index in [4.69, 9.17) is 22.7 Å². The van der Waals surface area contributed by atoms with Gasteiger partial charge in [0.05, 0.1) is 0 Å². The number of halogens is 2. The molecule has 126 valence electrons. The molecule has 4 N–H and O–H groups in total. The topological polar surface area (TPSA) is 89.2 Å². The molecule has 0 saturated heterocycles. The summed E-state index contributed by atoms with van der Waals surface area (Å²) in [6.07, 6.45) is 0.735. The Morgan fingerprint density at radius 1 is 1.35 bits per heavy atom. The van der Waals surface area contributed by atoms with E-state index in [0.29, 0.717) is 17.3 Å². The monoisotopic (exact) mass is 357 g/mol. The summed E-state index contributed by atoms with van der Waals surface area (Å²) in [7, 11) is 3.92. The van der Waals surface area contributed by atoms with Crippen molar-refractivity contribution in [2.45, 2.75) is 6.42 Å². The van der Waals surface area contributed by atoms with Crippen molar-refractivity contribution >= 4 is 46.8 Å². The molecule has 0 atom stereocenters. The lowest BCUT2D eigenvalue weighted by Gasteiger charge is -2.21. The van der Waals surface area contributed by atoms with Gasteiger partial charge in [0.15, 0.2) is 5.96 Å². The predicted octanol–water partition coefficient (Wildman–Crippen LogP) is 2.53. The Morgan fingerprint density at radius 3 is 2.61 bits per heavy atom. The number of fused-ring (bicyclic) bond motifs is 1. The lowest BCUT2D eigenvalue weighted by molar-refractivity contribution is 0.0837. The van der Waals surface area contributed by atoms with Gasteiger partial charge in [-0.2, -0.15) is 0 Å². The van der Waals surface area contributed by atoms with Crippen molar-refractivity contribution in [3.63, 3.8) is 0 Å². The zero-order valence-electron chi connectivity index (χ0n) is 13.1. The van der Waals surface area contributed by atoms with E-state index < -0.39 is 0 Å².